The van der Waals surface area contributed by atoms with Crippen molar-refractivity contribution in [1.82, 2.24) is 4.72 Å². The van der Waals surface area contributed by atoms with Crippen LogP contribution in [0, 0.1) is 0 Å². The first kappa shape index (κ1) is 13.9. The molecule has 0 aliphatic heterocycles. The first-order chi connectivity index (χ1) is 7.83. The molecule has 0 amide bonds. The Hall–Kier alpha value is -1.18. The monoisotopic (exact) mass is 275 g/mol. The van der Waals surface area contributed by atoms with Gasteiger partial charge in [0.1, 0.15) is 4.21 Å². The Labute approximate surface area is 104 Å². The fraction of sp³-hybridized carbons (Fsp3) is 0.300. The van der Waals surface area contributed by atoms with Gasteiger partial charge in [-0.1, -0.05) is 11.6 Å². The minimum absolute atomic E-state index is 0.0112. The van der Waals surface area contributed by atoms with Crippen molar-refractivity contribution in [2.45, 2.75) is 18.1 Å². The molecule has 2 N–H and O–H groups in total. The largest absolute Gasteiger partial charge is 0.478 e. The topological polar surface area (TPSA) is 83.5 Å². The van der Waals surface area contributed by atoms with Crippen molar-refractivity contribution in [2.75, 3.05) is 6.54 Å². The highest BCUT2D eigenvalue weighted by Gasteiger charge is 2.17. The maximum atomic E-state index is 11.7. The highest BCUT2D eigenvalue weighted by molar-refractivity contribution is 7.91. The Kier molecular flexibility index (Phi) is 4.44. The van der Waals surface area contributed by atoms with Crippen LogP contribution in [-0.4, -0.2) is 26.0 Å². The zero-order valence-corrected chi connectivity index (χ0v) is 11.1. The van der Waals surface area contributed by atoms with Crippen molar-refractivity contribution in [1.29, 1.82) is 0 Å². The summed E-state index contributed by atoms with van der Waals surface area (Å²) in [5.41, 5.74) is 0.989. The first-order valence-corrected chi connectivity index (χ1v) is 7.14. The van der Waals surface area contributed by atoms with E-state index in [1.54, 1.807) is 6.08 Å². The van der Waals surface area contributed by atoms with Gasteiger partial charge in [0.05, 0.1) is 5.56 Å². The summed E-state index contributed by atoms with van der Waals surface area (Å²) in [6.07, 6.45) is 1.74. The molecule has 0 fully saturated rings. The Balaban J connectivity index is 2.82. The van der Waals surface area contributed by atoms with Crippen molar-refractivity contribution in [3.63, 3.8) is 0 Å². The third-order valence-electron chi connectivity index (χ3n) is 1.87. The highest BCUT2D eigenvalue weighted by atomic mass is 32.2. The summed E-state index contributed by atoms with van der Waals surface area (Å²) in [7, 11) is -3.61. The van der Waals surface area contributed by atoms with Gasteiger partial charge in [-0.3, -0.25) is 0 Å². The molecule has 0 aliphatic carbocycles. The lowest BCUT2D eigenvalue weighted by molar-refractivity contribution is 0.0697. The van der Waals surface area contributed by atoms with Crippen LogP contribution >= 0.6 is 11.3 Å². The Morgan fingerprint density at radius 3 is 2.65 bits per heavy atom. The maximum absolute atomic E-state index is 11.7. The quantitative estimate of drug-likeness (QED) is 0.801. The normalized spacial score (nSPS) is 11.2. The number of carbonyl (C=O) groups is 1. The zero-order valence-electron chi connectivity index (χ0n) is 9.43. The summed E-state index contributed by atoms with van der Waals surface area (Å²) in [5, 5.41) is 10.00. The molecule has 17 heavy (non-hydrogen) atoms. The van der Waals surface area contributed by atoms with E-state index >= 15 is 0 Å². The second kappa shape index (κ2) is 5.44. The summed E-state index contributed by atoms with van der Waals surface area (Å²) in [6.45, 7) is 3.93. The van der Waals surface area contributed by atoms with Crippen molar-refractivity contribution in [2.24, 2.45) is 0 Å². The second-order valence-corrected chi connectivity index (χ2v) is 6.50. The van der Waals surface area contributed by atoms with Gasteiger partial charge in [0, 0.05) is 11.9 Å². The van der Waals surface area contributed by atoms with E-state index < -0.39 is 16.0 Å². The predicted molar refractivity (Wildman–Crippen MR) is 65.9 cm³/mol. The van der Waals surface area contributed by atoms with Crippen LogP contribution in [0.1, 0.15) is 24.2 Å². The van der Waals surface area contributed by atoms with E-state index in [0.717, 1.165) is 23.0 Å². The number of thiophene rings is 1. The molecule has 0 bridgehead atoms. The lowest BCUT2D eigenvalue weighted by atomic mass is 10.3. The van der Waals surface area contributed by atoms with Crippen LogP contribution in [-0.2, 0) is 10.0 Å². The van der Waals surface area contributed by atoms with Gasteiger partial charge < -0.3 is 5.11 Å². The summed E-state index contributed by atoms with van der Waals surface area (Å²) in [6, 6.07) is 1.15. The van der Waals surface area contributed by atoms with Gasteiger partial charge in [-0.2, -0.15) is 0 Å². The molecule has 0 spiro atoms. The Morgan fingerprint density at radius 2 is 2.18 bits per heavy atom. The average molecular weight is 275 g/mol. The van der Waals surface area contributed by atoms with Crippen LogP contribution in [0.5, 0.6) is 0 Å². The van der Waals surface area contributed by atoms with E-state index in [0.29, 0.717) is 0 Å². The fourth-order valence-corrected chi connectivity index (χ4v) is 3.16. The van der Waals surface area contributed by atoms with Gasteiger partial charge in [0.15, 0.2) is 0 Å². The molecule has 7 heteroatoms. The molecule has 1 aromatic rings. The van der Waals surface area contributed by atoms with Crippen LogP contribution in [0.3, 0.4) is 0 Å². The fourth-order valence-electron chi connectivity index (χ4n) is 0.996. The molecular weight excluding hydrogens is 262 g/mol. The molecule has 1 heterocycles. The van der Waals surface area contributed by atoms with Crippen molar-refractivity contribution >= 4 is 27.3 Å². The van der Waals surface area contributed by atoms with Crippen LogP contribution in [0.4, 0.5) is 0 Å². The third-order valence-corrected chi connectivity index (χ3v) is 4.73. The van der Waals surface area contributed by atoms with Crippen LogP contribution in [0.15, 0.2) is 27.3 Å². The number of hydrogen-bond acceptors (Lipinski definition) is 4. The molecule has 0 radical (unpaired) electrons. The number of carboxylic acids is 1. The lowest BCUT2D eigenvalue weighted by Gasteiger charge is -2.01. The van der Waals surface area contributed by atoms with E-state index in [1.165, 1.54) is 5.38 Å². The van der Waals surface area contributed by atoms with E-state index in [9.17, 15) is 13.2 Å². The van der Waals surface area contributed by atoms with E-state index in [4.69, 9.17) is 5.11 Å². The van der Waals surface area contributed by atoms with Crippen LogP contribution < -0.4 is 4.72 Å². The molecule has 5 nitrogen and oxygen atoms in total. The Bertz CT molecular complexity index is 538. The number of carboxylic acid groups (broad SMARTS) is 1. The molecule has 0 aromatic carbocycles. The average Bonchev–Trinajstić information content (AvgIpc) is 2.65. The summed E-state index contributed by atoms with van der Waals surface area (Å²) in [5.74, 6) is -1.13. The van der Waals surface area contributed by atoms with Gasteiger partial charge >= 0.3 is 5.97 Å². The first-order valence-electron chi connectivity index (χ1n) is 4.78. The molecule has 0 unspecified atom stereocenters. The van der Waals surface area contributed by atoms with Crippen LogP contribution in [0.2, 0.25) is 0 Å². The predicted octanol–water partition coefficient (Wildman–Crippen LogP) is 1.69. The molecule has 94 valence electrons. The number of hydrogen-bond donors (Lipinski definition) is 2. The molecule has 1 aromatic heterocycles. The number of allylic oxidation sites excluding steroid dienone is 1. The highest BCUT2D eigenvalue weighted by Crippen LogP contribution is 2.19. The summed E-state index contributed by atoms with van der Waals surface area (Å²) in [4.78, 5) is 10.6. The standard InChI is InChI=1S/C10H13NO4S2/c1-7(2)3-4-11-17(14,15)9-5-8(6-16-9)10(12)13/h3,5-6,11H,4H2,1-2H3,(H,12,13). The molecule has 0 saturated heterocycles. The second-order valence-electron chi connectivity index (χ2n) is 3.59. The molecule has 0 aliphatic rings. The van der Waals surface area contributed by atoms with E-state index in [1.807, 2.05) is 13.8 Å². The van der Waals surface area contributed by atoms with E-state index in [-0.39, 0.29) is 16.3 Å². The number of sulfonamides is 1. The smallest absolute Gasteiger partial charge is 0.336 e. The van der Waals surface area contributed by atoms with Gasteiger partial charge in [-0.15, -0.1) is 11.3 Å². The van der Waals surface area contributed by atoms with Crippen molar-refractivity contribution < 1.29 is 18.3 Å². The van der Waals surface area contributed by atoms with Gasteiger partial charge in [0.25, 0.3) is 0 Å². The van der Waals surface area contributed by atoms with E-state index in [2.05, 4.69) is 4.72 Å². The maximum Gasteiger partial charge on any atom is 0.336 e. The third kappa shape index (κ3) is 3.95. The summed E-state index contributed by atoms with van der Waals surface area (Å²) >= 11 is 0.892. The minimum Gasteiger partial charge on any atom is -0.478 e. The van der Waals surface area contributed by atoms with Gasteiger partial charge in [-0.25, -0.2) is 17.9 Å². The molecule has 0 atom stereocenters. The molecule has 1 rings (SSSR count). The lowest BCUT2D eigenvalue weighted by Crippen LogP contribution is -2.23. The number of nitrogens with one attached hydrogen (secondary N) is 1. The van der Waals surface area contributed by atoms with Gasteiger partial charge in [-0.05, 0) is 19.9 Å². The number of rotatable bonds is 5. The molecular formula is C10H13NO4S2. The van der Waals surface area contributed by atoms with Gasteiger partial charge in [0.2, 0.25) is 10.0 Å². The van der Waals surface area contributed by atoms with Crippen LogP contribution in [0.25, 0.3) is 0 Å². The SMILES string of the molecule is CC(C)=CCNS(=O)(=O)c1cc(C(=O)O)cs1. The Morgan fingerprint density at radius 1 is 1.53 bits per heavy atom. The van der Waals surface area contributed by atoms with Crippen molar-refractivity contribution in [3.8, 4) is 0 Å². The zero-order chi connectivity index (χ0) is 13.1. The summed E-state index contributed by atoms with van der Waals surface area (Å²) < 4.78 is 25.8. The molecule has 0 saturated carbocycles. The minimum atomic E-state index is -3.61. The van der Waals surface area contributed by atoms with Crippen molar-refractivity contribution in [3.05, 3.63) is 28.7 Å². The number of aromatic carboxylic acids is 1.